The summed E-state index contributed by atoms with van der Waals surface area (Å²) in [6.45, 7) is 9.23. The lowest BCUT2D eigenvalue weighted by atomic mass is 9.51. The van der Waals surface area contributed by atoms with Crippen molar-refractivity contribution in [3.05, 3.63) is 23.5 Å². The minimum atomic E-state index is 0.350. The number of hydrogen-bond acceptors (Lipinski definition) is 0. The molecule has 0 unspecified atom stereocenters. The van der Waals surface area contributed by atoms with Gasteiger partial charge < -0.3 is 4.98 Å². The van der Waals surface area contributed by atoms with Crippen molar-refractivity contribution in [2.45, 2.75) is 38.5 Å². The summed E-state index contributed by atoms with van der Waals surface area (Å²) in [6.07, 6.45) is 4.25. The first-order valence-corrected chi connectivity index (χ1v) is 4.15. The highest BCUT2D eigenvalue weighted by Gasteiger charge is 2.51. The number of nitrogens with one attached hydrogen (secondary N) is 1. The number of fused-ring (bicyclic) bond motifs is 1. The number of aromatic nitrogens is 1. The molecule has 60 valence electrons. The Balaban J connectivity index is 2.63. The molecule has 0 bridgehead atoms. The Morgan fingerprint density at radius 1 is 0.909 bits per heavy atom. The molecule has 0 aliphatic heterocycles. The number of H-pyrrole nitrogens is 1. The topological polar surface area (TPSA) is 15.8 Å². The van der Waals surface area contributed by atoms with E-state index in [1.807, 2.05) is 0 Å². The van der Waals surface area contributed by atoms with E-state index >= 15 is 0 Å². The van der Waals surface area contributed by atoms with E-state index in [0.717, 1.165) is 0 Å². The van der Waals surface area contributed by atoms with Crippen LogP contribution in [0.15, 0.2) is 12.4 Å². The molecule has 0 radical (unpaired) electrons. The average Bonchev–Trinajstić information content (AvgIpc) is 2.32. The molecule has 1 heterocycles. The third-order valence-corrected chi connectivity index (χ3v) is 3.65. The second-order valence-electron chi connectivity index (χ2n) is 4.53. The summed E-state index contributed by atoms with van der Waals surface area (Å²) in [5, 5.41) is 0. The van der Waals surface area contributed by atoms with E-state index in [1.165, 1.54) is 11.1 Å². The lowest BCUT2D eigenvalue weighted by Crippen LogP contribution is -2.49. The first kappa shape index (κ1) is 6.96. The zero-order chi connectivity index (χ0) is 8.28. The van der Waals surface area contributed by atoms with E-state index in [2.05, 4.69) is 45.1 Å². The number of hydrogen-bond donors (Lipinski definition) is 1. The van der Waals surface area contributed by atoms with Gasteiger partial charge >= 0.3 is 0 Å². The molecule has 0 amide bonds. The van der Waals surface area contributed by atoms with Gasteiger partial charge in [0, 0.05) is 23.2 Å². The maximum Gasteiger partial charge on any atom is 0.00462 e. The third kappa shape index (κ3) is 0.536. The summed E-state index contributed by atoms with van der Waals surface area (Å²) in [6, 6.07) is 0. The van der Waals surface area contributed by atoms with Gasteiger partial charge in [-0.3, -0.25) is 0 Å². The van der Waals surface area contributed by atoms with Crippen LogP contribution in [-0.2, 0) is 10.8 Å². The Morgan fingerprint density at radius 2 is 1.27 bits per heavy atom. The Labute approximate surface area is 67.8 Å². The van der Waals surface area contributed by atoms with Crippen molar-refractivity contribution in [3.63, 3.8) is 0 Å². The van der Waals surface area contributed by atoms with Crippen molar-refractivity contribution in [1.29, 1.82) is 0 Å². The van der Waals surface area contributed by atoms with Gasteiger partial charge in [-0.05, 0) is 11.1 Å². The molecule has 0 saturated carbocycles. The molecule has 1 aliphatic rings. The van der Waals surface area contributed by atoms with Crippen LogP contribution in [0.3, 0.4) is 0 Å². The zero-order valence-corrected chi connectivity index (χ0v) is 7.65. The maximum absolute atomic E-state index is 3.17. The largest absolute Gasteiger partial charge is 0.367 e. The van der Waals surface area contributed by atoms with Gasteiger partial charge in [0.1, 0.15) is 0 Å². The van der Waals surface area contributed by atoms with Crippen molar-refractivity contribution in [2.24, 2.45) is 0 Å². The van der Waals surface area contributed by atoms with Gasteiger partial charge in [0.05, 0.1) is 0 Å². The smallest absolute Gasteiger partial charge is 0.00462 e. The molecule has 1 aromatic heterocycles. The number of aromatic amines is 1. The highest BCUT2D eigenvalue weighted by Crippen LogP contribution is 2.55. The molecule has 1 aliphatic carbocycles. The first-order valence-electron chi connectivity index (χ1n) is 4.15. The van der Waals surface area contributed by atoms with E-state index in [4.69, 9.17) is 0 Å². The quantitative estimate of drug-likeness (QED) is 0.583. The molecule has 1 aromatic rings. The molecule has 2 rings (SSSR count). The fourth-order valence-electron chi connectivity index (χ4n) is 2.01. The number of rotatable bonds is 0. The molecule has 1 nitrogen and oxygen atoms in total. The molecule has 0 aromatic carbocycles. The lowest BCUT2D eigenvalue weighted by molar-refractivity contribution is 0.245. The van der Waals surface area contributed by atoms with Crippen LogP contribution in [0.2, 0.25) is 0 Å². The highest BCUT2D eigenvalue weighted by molar-refractivity contribution is 5.51. The first-order chi connectivity index (χ1) is 4.98. The van der Waals surface area contributed by atoms with E-state index in [0.29, 0.717) is 10.8 Å². The fraction of sp³-hybridized carbons (Fsp3) is 0.600. The molecule has 0 fully saturated rings. The molecule has 11 heavy (non-hydrogen) atoms. The second-order valence-corrected chi connectivity index (χ2v) is 4.53. The third-order valence-electron chi connectivity index (χ3n) is 3.65. The van der Waals surface area contributed by atoms with Crippen LogP contribution in [0.4, 0.5) is 0 Å². The normalized spacial score (nSPS) is 24.0. The van der Waals surface area contributed by atoms with Gasteiger partial charge in [-0.1, -0.05) is 27.7 Å². The standard InChI is InChI=1S/C10H15N/c1-9(2)7-5-11-6-8(7)10(9,3)4/h5-6,11H,1-4H3. The Bertz CT molecular complexity index is 263. The van der Waals surface area contributed by atoms with Crippen LogP contribution < -0.4 is 0 Å². The summed E-state index contributed by atoms with van der Waals surface area (Å²) >= 11 is 0. The van der Waals surface area contributed by atoms with Crippen LogP contribution >= 0.6 is 0 Å². The summed E-state index contributed by atoms with van der Waals surface area (Å²) in [5.74, 6) is 0. The van der Waals surface area contributed by atoms with Crippen molar-refractivity contribution in [1.82, 2.24) is 4.98 Å². The highest BCUT2D eigenvalue weighted by atomic mass is 14.7. The van der Waals surface area contributed by atoms with Crippen molar-refractivity contribution in [2.75, 3.05) is 0 Å². The van der Waals surface area contributed by atoms with Gasteiger partial charge in [-0.15, -0.1) is 0 Å². The molecule has 0 saturated heterocycles. The Kier molecular flexibility index (Phi) is 0.978. The van der Waals surface area contributed by atoms with Crippen LogP contribution in [-0.4, -0.2) is 4.98 Å². The summed E-state index contributed by atoms with van der Waals surface area (Å²) in [5.41, 5.74) is 3.68. The van der Waals surface area contributed by atoms with Gasteiger partial charge in [0.2, 0.25) is 0 Å². The van der Waals surface area contributed by atoms with E-state index in [-0.39, 0.29) is 0 Å². The molecule has 1 N–H and O–H groups in total. The molecule has 0 spiro atoms. The van der Waals surface area contributed by atoms with Crippen molar-refractivity contribution < 1.29 is 0 Å². The van der Waals surface area contributed by atoms with Crippen molar-refractivity contribution in [3.8, 4) is 0 Å². The van der Waals surface area contributed by atoms with Crippen molar-refractivity contribution >= 4 is 0 Å². The van der Waals surface area contributed by atoms with E-state index in [9.17, 15) is 0 Å². The zero-order valence-electron chi connectivity index (χ0n) is 7.65. The minimum absolute atomic E-state index is 0.350. The maximum atomic E-state index is 3.17. The van der Waals surface area contributed by atoms with Crippen LogP contribution in [0.25, 0.3) is 0 Å². The summed E-state index contributed by atoms with van der Waals surface area (Å²) < 4.78 is 0. The minimum Gasteiger partial charge on any atom is -0.367 e. The van der Waals surface area contributed by atoms with Crippen LogP contribution in [0, 0.1) is 0 Å². The lowest BCUT2D eigenvalue weighted by Gasteiger charge is -2.52. The monoisotopic (exact) mass is 149 g/mol. The van der Waals surface area contributed by atoms with Gasteiger partial charge in [0.25, 0.3) is 0 Å². The van der Waals surface area contributed by atoms with Crippen LogP contribution in [0.5, 0.6) is 0 Å². The van der Waals surface area contributed by atoms with Gasteiger partial charge in [-0.2, -0.15) is 0 Å². The summed E-state index contributed by atoms with van der Waals surface area (Å²) in [7, 11) is 0. The average molecular weight is 149 g/mol. The predicted molar refractivity (Wildman–Crippen MR) is 46.8 cm³/mol. The van der Waals surface area contributed by atoms with Gasteiger partial charge in [0.15, 0.2) is 0 Å². The summed E-state index contributed by atoms with van der Waals surface area (Å²) in [4.78, 5) is 3.17. The fourth-order valence-corrected chi connectivity index (χ4v) is 2.01. The van der Waals surface area contributed by atoms with Gasteiger partial charge in [-0.25, -0.2) is 0 Å². The Morgan fingerprint density at radius 3 is 1.64 bits per heavy atom. The molecular weight excluding hydrogens is 134 g/mol. The molecule has 0 atom stereocenters. The molecule has 1 heteroatoms. The van der Waals surface area contributed by atoms with Crippen LogP contribution in [0.1, 0.15) is 38.8 Å². The Hall–Kier alpha value is -0.720. The van der Waals surface area contributed by atoms with E-state index < -0.39 is 0 Å². The van der Waals surface area contributed by atoms with E-state index in [1.54, 1.807) is 0 Å². The predicted octanol–water partition coefficient (Wildman–Crippen LogP) is 2.58. The SMILES string of the molecule is CC1(C)c2c[nH]cc2C1(C)C. The second kappa shape index (κ2) is 1.55. The molecular formula is C10H15N.